The molecule has 0 aliphatic carbocycles. The van der Waals surface area contributed by atoms with Crippen LogP contribution < -0.4 is 16.2 Å². The van der Waals surface area contributed by atoms with Crippen LogP contribution in [-0.2, 0) is 6.54 Å². The van der Waals surface area contributed by atoms with Crippen LogP contribution in [0.2, 0.25) is 0 Å². The molecule has 1 aromatic heterocycles. The lowest BCUT2D eigenvalue weighted by Gasteiger charge is -2.23. The van der Waals surface area contributed by atoms with Gasteiger partial charge in [0.2, 0.25) is 0 Å². The van der Waals surface area contributed by atoms with Gasteiger partial charge in [-0.3, -0.25) is 4.79 Å². The van der Waals surface area contributed by atoms with Crippen molar-refractivity contribution < 1.29 is 5.11 Å². The van der Waals surface area contributed by atoms with Crippen LogP contribution in [-0.4, -0.2) is 41.1 Å². The number of aliphatic hydroxyl groups excluding tert-OH is 1. The number of hydrogen-bond acceptors (Lipinski definition) is 5. The fourth-order valence-electron chi connectivity index (χ4n) is 1.77. The van der Waals surface area contributed by atoms with Gasteiger partial charge in [0, 0.05) is 19.6 Å². The van der Waals surface area contributed by atoms with E-state index in [4.69, 9.17) is 10.8 Å². The first-order valence-electron chi connectivity index (χ1n) is 6.71. The maximum Gasteiger partial charge on any atom is 0.283 e. The number of aliphatic hydroxyl groups is 1. The third kappa shape index (κ3) is 4.29. The van der Waals surface area contributed by atoms with Gasteiger partial charge in [0.05, 0.1) is 25.0 Å². The number of nitrogens with zero attached hydrogens (tertiary/aromatic N) is 3. The van der Waals surface area contributed by atoms with Gasteiger partial charge < -0.3 is 15.7 Å². The molecule has 114 valence electrons. The third-order valence-electron chi connectivity index (χ3n) is 3.34. The summed E-state index contributed by atoms with van der Waals surface area (Å²) in [6.07, 6.45) is 2.47. The molecule has 1 atom stereocenters. The Hall–Kier alpha value is -0.920. The normalized spacial score (nSPS) is 12.8. The van der Waals surface area contributed by atoms with Crippen molar-refractivity contribution in [3.05, 3.63) is 21.0 Å². The molecule has 1 heterocycles. The molecular weight excluding hydrogens is 324 g/mol. The van der Waals surface area contributed by atoms with E-state index in [9.17, 15) is 4.79 Å². The fraction of sp³-hybridized carbons (Fsp3) is 0.692. The Balaban J connectivity index is 2.81. The molecule has 0 aromatic carbocycles. The van der Waals surface area contributed by atoms with Crippen LogP contribution in [0.5, 0.6) is 0 Å². The highest BCUT2D eigenvalue weighted by atomic mass is 79.9. The summed E-state index contributed by atoms with van der Waals surface area (Å²) in [5, 5.41) is 12.9. The second-order valence-electron chi connectivity index (χ2n) is 5.21. The summed E-state index contributed by atoms with van der Waals surface area (Å²) < 4.78 is 1.70. The second-order valence-corrected chi connectivity index (χ2v) is 6.01. The first-order valence-corrected chi connectivity index (χ1v) is 7.51. The lowest BCUT2D eigenvalue weighted by Crippen LogP contribution is -2.33. The quantitative estimate of drug-likeness (QED) is 0.763. The predicted octanol–water partition coefficient (Wildman–Crippen LogP) is 0.808. The maximum absolute atomic E-state index is 12.0. The summed E-state index contributed by atoms with van der Waals surface area (Å²) in [6, 6.07) is 0.138. The van der Waals surface area contributed by atoms with Crippen LogP contribution in [0.3, 0.4) is 0 Å². The molecule has 0 aliphatic rings. The number of anilines is 1. The first kappa shape index (κ1) is 17.1. The molecule has 0 aliphatic heterocycles. The Labute approximate surface area is 127 Å². The summed E-state index contributed by atoms with van der Waals surface area (Å²) >= 11 is 3.31. The molecule has 7 heteroatoms. The van der Waals surface area contributed by atoms with Crippen molar-refractivity contribution in [2.75, 3.05) is 25.1 Å². The van der Waals surface area contributed by atoms with Crippen LogP contribution in [0.25, 0.3) is 0 Å². The molecule has 0 amide bonds. The Morgan fingerprint density at radius 1 is 1.55 bits per heavy atom. The fourth-order valence-corrected chi connectivity index (χ4v) is 2.38. The van der Waals surface area contributed by atoms with Gasteiger partial charge in [-0.15, -0.1) is 0 Å². The summed E-state index contributed by atoms with van der Waals surface area (Å²) in [7, 11) is 1.91. The molecule has 6 nitrogen and oxygen atoms in total. The molecule has 0 bridgehead atoms. The summed E-state index contributed by atoms with van der Waals surface area (Å²) in [5.74, 6) is 0.433. The van der Waals surface area contributed by atoms with Crippen LogP contribution in [0.4, 0.5) is 5.69 Å². The van der Waals surface area contributed by atoms with E-state index in [-0.39, 0.29) is 24.8 Å². The van der Waals surface area contributed by atoms with Crippen LogP contribution in [0, 0.1) is 5.92 Å². The Morgan fingerprint density at radius 3 is 2.75 bits per heavy atom. The van der Waals surface area contributed by atoms with Gasteiger partial charge in [-0.05, 0) is 28.3 Å². The van der Waals surface area contributed by atoms with Crippen molar-refractivity contribution >= 4 is 21.6 Å². The lowest BCUT2D eigenvalue weighted by atomic mass is 10.0. The highest BCUT2D eigenvalue weighted by Gasteiger charge is 2.14. The number of nitrogens with two attached hydrogens (primary N) is 1. The molecule has 0 radical (unpaired) electrons. The van der Waals surface area contributed by atoms with E-state index in [0.717, 1.165) is 18.7 Å². The number of hydrogen-bond donors (Lipinski definition) is 2. The van der Waals surface area contributed by atoms with Crippen molar-refractivity contribution in [1.82, 2.24) is 9.78 Å². The van der Waals surface area contributed by atoms with Crippen molar-refractivity contribution in [2.45, 2.75) is 32.9 Å². The molecule has 3 N–H and O–H groups in total. The molecular formula is C13H23BrN4O2. The Bertz CT molecular complexity index is 490. The zero-order valence-corrected chi connectivity index (χ0v) is 13.8. The SMILES string of the molecule is CC(C)C(N)CCN(C)c1cnn(CCO)c(=O)c1Br. The number of rotatable bonds is 7. The van der Waals surface area contributed by atoms with Gasteiger partial charge >= 0.3 is 0 Å². The highest BCUT2D eigenvalue weighted by molar-refractivity contribution is 9.10. The Kier molecular flexibility index (Phi) is 6.64. The molecule has 0 saturated heterocycles. The van der Waals surface area contributed by atoms with Crippen LogP contribution in [0.1, 0.15) is 20.3 Å². The molecule has 0 saturated carbocycles. The number of aromatic nitrogens is 2. The van der Waals surface area contributed by atoms with E-state index in [0.29, 0.717) is 10.4 Å². The summed E-state index contributed by atoms with van der Waals surface area (Å²) in [6.45, 7) is 5.02. The summed E-state index contributed by atoms with van der Waals surface area (Å²) in [5.41, 5.74) is 6.52. The van der Waals surface area contributed by atoms with E-state index >= 15 is 0 Å². The van der Waals surface area contributed by atoms with Gasteiger partial charge in [-0.25, -0.2) is 4.68 Å². The summed E-state index contributed by atoms with van der Waals surface area (Å²) in [4.78, 5) is 14.0. The van der Waals surface area contributed by atoms with Crippen LogP contribution in [0.15, 0.2) is 15.5 Å². The van der Waals surface area contributed by atoms with E-state index < -0.39 is 0 Å². The third-order valence-corrected chi connectivity index (χ3v) is 4.09. The minimum absolute atomic E-state index is 0.113. The highest BCUT2D eigenvalue weighted by Crippen LogP contribution is 2.20. The maximum atomic E-state index is 12.0. The molecule has 0 fully saturated rings. The molecule has 1 rings (SSSR count). The van der Waals surface area contributed by atoms with Crippen molar-refractivity contribution in [3.8, 4) is 0 Å². The molecule has 1 aromatic rings. The van der Waals surface area contributed by atoms with E-state index in [2.05, 4.69) is 34.9 Å². The minimum atomic E-state index is -0.239. The molecule has 1 unspecified atom stereocenters. The van der Waals surface area contributed by atoms with Gasteiger partial charge in [-0.1, -0.05) is 13.8 Å². The first-order chi connectivity index (χ1) is 9.38. The molecule has 20 heavy (non-hydrogen) atoms. The smallest absolute Gasteiger partial charge is 0.283 e. The molecule has 0 spiro atoms. The van der Waals surface area contributed by atoms with Crippen molar-refractivity contribution in [1.29, 1.82) is 0 Å². The second kappa shape index (κ2) is 7.75. The predicted molar refractivity (Wildman–Crippen MR) is 84.0 cm³/mol. The van der Waals surface area contributed by atoms with Gasteiger partial charge in [0.25, 0.3) is 5.56 Å². The van der Waals surface area contributed by atoms with Crippen LogP contribution >= 0.6 is 15.9 Å². The zero-order chi connectivity index (χ0) is 15.3. The topological polar surface area (TPSA) is 84.4 Å². The largest absolute Gasteiger partial charge is 0.394 e. The standard InChI is InChI=1S/C13H23BrN4O2/c1-9(2)10(15)4-5-17(3)11-8-16-18(6-7-19)13(20)12(11)14/h8-10,19H,4-7,15H2,1-3H3. The van der Waals surface area contributed by atoms with Gasteiger partial charge in [0.15, 0.2) is 0 Å². The van der Waals surface area contributed by atoms with Crippen molar-refractivity contribution in [3.63, 3.8) is 0 Å². The van der Waals surface area contributed by atoms with E-state index in [1.165, 1.54) is 4.68 Å². The lowest BCUT2D eigenvalue weighted by molar-refractivity contribution is 0.266. The number of halogens is 1. The zero-order valence-electron chi connectivity index (χ0n) is 12.2. The minimum Gasteiger partial charge on any atom is -0.394 e. The van der Waals surface area contributed by atoms with E-state index in [1.807, 2.05) is 11.9 Å². The average molecular weight is 347 g/mol. The average Bonchev–Trinajstić information content (AvgIpc) is 2.41. The van der Waals surface area contributed by atoms with Gasteiger partial charge in [-0.2, -0.15) is 5.10 Å². The van der Waals surface area contributed by atoms with Gasteiger partial charge in [0.1, 0.15) is 4.47 Å². The monoisotopic (exact) mass is 346 g/mol. The van der Waals surface area contributed by atoms with Crippen molar-refractivity contribution in [2.24, 2.45) is 11.7 Å². The van der Waals surface area contributed by atoms with E-state index in [1.54, 1.807) is 6.20 Å². The Morgan fingerprint density at radius 2 is 2.20 bits per heavy atom.